The van der Waals surface area contributed by atoms with Gasteiger partial charge in [-0.05, 0) is 25.5 Å². The molecule has 3 nitrogen and oxygen atoms in total. The van der Waals surface area contributed by atoms with E-state index in [-0.39, 0.29) is 0 Å². The molecule has 0 saturated carbocycles. The normalized spacial score (nSPS) is 12.2. The maximum Gasteiger partial charge on any atom is 0.236 e. The third-order valence-corrected chi connectivity index (χ3v) is 3.84. The molecule has 0 aliphatic heterocycles. The first kappa shape index (κ1) is 10.2. The second-order valence-corrected chi connectivity index (χ2v) is 5.59. The molecular weight excluding hydrogens is 210 g/mol. The van der Waals surface area contributed by atoms with Crippen molar-refractivity contribution in [2.24, 2.45) is 0 Å². The van der Waals surface area contributed by atoms with Crippen molar-refractivity contribution in [3.05, 3.63) is 35.5 Å². The van der Waals surface area contributed by atoms with Crippen molar-refractivity contribution in [3.8, 4) is 0 Å². The van der Waals surface area contributed by atoms with Gasteiger partial charge in [-0.2, -0.15) is 0 Å². The molecule has 0 radical (unpaired) electrons. The Morgan fingerprint density at radius 1 is 1.13 bits per heavy atom. The van der Waals surface area contributed by atoms with Crippen LogP contribution in [0.4, 0.5) is 0 Å². The second kappa shape index (κ2) is 3.10. The van der Waals surface area contributed by atoms with Gasteiger partial charge in [-0.3, -0.25) is 0 Å². The molecule has 2 aromatic rings. The first-order chi connectivity index (χ1) is 6.93. The van der Waals surface area contributed by atoms with Crippen LogP contribution in [0, 0.1) is 13.8 Å². The summed E-state index contributed by atoms with van der Waals surface area (Å²) < 4.78 is 24.7. The maximum atomic E-state index is 11.6. The van der Waals surface area contributed by atoms with Crippen LogP contribution in [0.5, 0.6) is 0 Å². The minimum absolute atomic E-state index is 0.759. The Kier molecular flexibility index (Phi) is 2.12. The van der Waals surface area contributed by atoms with Crippen LogP contribution in [-0.2, 0) is 10.0 Å². The smallest absolute Gasteiger partial charge is 0.236 e. The van der Waals surface area contributed by atoms with E-state index < -0.39 is 10.0 Å². The summed E-state index contributed by atoms with van der Waals surface area (Å²) in [6.07, 6.45) is 1.23. The summed E-state index contributed by atoms with van der Waals surface area (Å²) in [5.41, 5.74) is 2.57. The van der Waals surface area contributed by atoms with Gasteiger partial charge in [0.05, 0.1) is 11.8 Å². The molecule has 0 aliphatic carbocycles. The molecule has 0 N–H and O–H groups in total. The van der Waals surface area contributed by atoms with Crippen LogP contribution in [0.3, 0.4) is 0 Å². The van der Waals surface area contributed by atoms with Crippen LogP contribution in [0.1, 0.15) is 11.3 Å². The molecule has 0 fully saturated rings. The summed E-state index contributed by atoms with van der Waals surface area (Å²) in [5.74, 6) is 0. The van der Waals surface area contributed by atoms with E-state index in [0.29, 0.717) is 0 Å². The van der Waals surface area contributed by atoms with Crippen molar-refractivity contribution in [3.63, 3.8) is 0 Å². The fourth-order valence-electron chi connectivity index (χ4n) is 1.92. The zero-order valence-corrected chi connectivity index (χ0v) is 9.80. The van der Waals surface area contributed by atoms with Crippen molar-refractivity contribution in [2.45, 2.75) is 13.8 Å². The summed E-state index contributed by atoms with van der Waals surface area (Å²) in [4.78, 5) is 0. The Bertz CT molecular complexity index is 623. The molecule has 1 aromatic carbocycles. The lowest BCUT2D eigenvalue weighted by Crippen LogP contribution is -2.11. The Morgan fingerprint density at radius 2 is 1.73 bits per heavy atom. The Balaban J connectivity index is 3.03. The first-order valence-corrected chi connectivity index (χ1v) is 6.55. The highest BCUT2D eigenvalue weighted by Gasteiger charge is 2.16. The number of hydrogen-bond acceptors (Lipinski definition) is 2. The summed E-state index contributed by atoms with van der Waals surface area (Å²) in [6, 6.07) is 7.54. The van der Waals surface area contributed by atoms with Crippen molar-refractivity contribution >= 4 is 20.9 Å². The van der Waals surface area contributed by atoms with Gasteiger partial charge in [0.25, 0.3) is 0 Å². The van der Waals surface area contributed by atoms with Crippen molar-refractivity contribution in [1.29, 1.82) is 0 Å². The molecule has 0 bridgehead atoms. The van der Waals surface area contributed by atoms with E-state index in [2.05, 4.69) is 0 Å². The highest BCUT2D eigenvalue weighted by atomic mass is 32.2. The van der Waals surface area contributed by atoms with Gasteiger partial charge in [0.2, 0.25) is 10.0 Å². The molecule has 2 rings (SSSR count). The molecular formula is C11H13NO2S. The lowest BCUT2D eigenvalue weighted by molar-refractivity contribution is 0.594. The fourth-order valence-corrected chi connectivity index (χ4v) is 3.07. The van der Waals surface area contributed by atoms with E-state index in [4.69, 9.17) is 0 Å². The number of hydrogen-bond donors (Lipinski definition) is 0. The van der Waals surface area contributed by atoms with Crippen LogP contribution < -0.4 is 0 Å². The second-order valence-electron chi connectivity index (χ2n) is 3.75. The molecule has 0 aliphatic rings. The molecule has 80 valence electrons. The quantitative estimate of drug-likeness (QED) is 0.742. The van der Waals surface area contributed by atoms with Gasteiger partial charge in [-0.1, -0.05) is 18.2 Å². The highest BCUT2D eigenvalue weighted by molar-refractivity contribution is 7.89. The molecule has 15 heavy (non-hydrogen) atoms. The molecule has 0 amide bonds. The van der Waals surface area contributed by atoms with Crippen LogP contribution in [0.25, 0.3) is 10.9 Å². The molecule has 0 saturated heterocycles. The Labute approximate surface area is 89.4 Å². The van der Waals surface area contributed by atoms with E-state index in [1.54, 1.807) is 0 Å². The zero-order valence-electron chi connectivity index (χ0n) is 8.98. The van der Waals surface area contributed by atoms with Gasteiger partial charge in [0.1, 0.15) is 0 Å². The van der Waals surface area contributed by atoms with E-state index in [1.165, 1.54) is 10.2 Å². The molecule has 0 spiro atoms. The van der Waals surface area contributed by atoms with E-state index in [0.717, 1.165) is 22.2 Å². The number of aryl methyl sites for hydroxylation is 1. The predicted molar refractivity (Wildman–Crippen MR) is 61.7 cm³/mol. The molecule has 0 atom stereocenters. The van der Waals surface area contributed by atoms with Crippen LogP contribution in [0.15, 0.2) is 24.3 Å². The van der Waals surface area contributed by atoms with Crippen LogP contribution >= 0.6 is 0 Å². The van der Waals surface area contributed by atoms with Gasteiger partial charge in [0.15, 0.2) is 0 Å². The Morgan fingerprint density at radius 3 is 2.33 bits per heavy atom. The third kappa shape index (κ3) is 1.45. The fraction of sp³-hybridized carbons (Fsp3) is 0.273. The summed E-state index contributed by atoms with van der Waals surface area (Å²) in [5, 5.41) is 1.00. The van der Waals surface area contributed by atoms with Crippen LogP contribution in [0.2, 0.25) is 0 Å². The zero-order chi connectivity index (χ0) is 11.2. The number of para-hydroxylation sites is 1. The average molecular weight is 223 g/mol. The standard InChI is InChI=1S/C11H13NO2S/c1-8-9(2)12(15(3,13)14)11-7-5-4-6-10(8)11/h4-7H,1-3H3. The van der Waals surface area contributed by atoms with E-state index >= 15 is 0 Å². The SMILES string of the molecule is Cc1c(C)n(S(C)(=O)=O)c2ccccc12. The first-order valence-electron chi connectivity index (χ1n) is 4.70. The molecule has 4 heteroatoms. The van der Waals surface area contributed by atoms with Crippen molar-refractivity contribution in [2.75, 3.05) is 6.26 Å². The van der Waals surface area contributed by atoms with Gasteiger partial charge < -0.3 is 0 Å². The van der Waals surface area contributed by atoms with E-state index in [1.807, 2.05) is 38.1 Å². The minimum Gasteiger partial charge on any atom is -0.242 e. The van der Waals surface area contributed by atoms with Crippen molar-refractivity contribution in [1.82, 2.24) is 3.97 Å². The Hall–Kier alpha value is -1.29. The lowest BCUT2D eigenvalue weighted by Gasteiger charge is -2.04. The van der Waals surface area contributed by atoms with Gasteiger partial charge >= 0.3 is 0 Å². The van der Waals surface area contributed by atoms with Gasteiger partial charge in [-0.15, -0.1) is 0 Å². The number of nitrogens with zero attached hydrogens (tertiary/aromatic N) is 1. The number of benzene rings is 1. The predicted octanol–water partition coefficient (Wildman–Crippen LogP) is 2.07. The van der Waals surface area contributed by atoms with Crippen molar-refractivity contribution < 1.29 is 8.42 Å². The monoisotopic (exact) mass is 223 g/mol. The molecule has 0 unspecified atom stereocenters. The average Bonchev–Trinajstić information content (AvgIpc) is 2.39. The number of aromatic nitrogens is 1. The maximum absolute atomic E-state index is 11.6. The number of fused-ring (bicyclic) bond motifs is 1. The minimum atomic E-state index is -3.22. The summed E-state index contributed by atoms with van der Waals surface area (Å²) >= 11 is 0. The topological polar surface area (TPSA) is 39.1 Å². The number of rotatable bonds is 1. The highest BCUT2D eigenvalue weighted by Crippen LogP contribution is 2.25. The van der Waals surface area contributed by atoms with E-state index in [9.17, 15) is 8.42 Å². The summed E-state index contributed by atoms with van der Waals surface area (Å²) in [6.45, 7) is 3.77. The molecule has 1 aromatic heterocycles. The third-order valence-electron chi connectivity index (χ3n) is 2.71. The van der Waals surface area contributed by atoms with Gasteiger partial charge in [-0.25, -0.2) is 12.4 Å². The lowest BCUT2D eigenvalue weighted by atomic mass is 10.2. The molecule has 1 heterocycles. The largest absolute Gasteiger partial charge is 0.242 e. The van der Waals surface area contributed by atoms with Gasteiger partial charge in [0, 0.05) is 11.1 Å². The van der Waals surface area contributed by atoms with Crippen LogP contribution in [-0.4, -0.2) is 18.6 Å². The summed E-state index contributed by atoms with van der Waals surface area (Å²) in [7, 11) is -3.22.